The van der Waals surface area contributed by atoms with Gasteiger partial charge in [0.25, 0.3) is 10.3 Å². The molecule has 0 unspecified atom stereocenters. The van der Waals surface area contributed by atoms with Crippen LogP contribution in [0.25, 0.3) is 0 Å². The van der Waals surface area contributed by atoms with Crippen molar-refractivity contribution in [3.8, 4) is 5.75 Å². The van der Waals surface area contributed by atoms with Crippen LogP contribution in [-0.4, -0.2) is 17.0 Å². The molecule has 17 heavy (non-hydrogen) atoms. The van der Waals surface area contributed by atoms with E-state index < -0.39 is 0 Å². The van der Waals surface area contributed by atoms with Gasteiger partial charge in [-0.3, -0.25) is 0 Å². The summed E-state index contributed by atoms with van der Waals surface area (Å²) < 4.78 is 9.47. The predicted octanol–water partition coefficient (Wildman–Crippen LogP) is 1.57. The number of para-hydroxylation sites is 1. The molecule has 0 heterocycles. The molecule has 0 aliphatic carbocycles. The minimum atomic E-state index is 0. The van der Waals surface area contributed by atoms with E-state index in [9.17, 15) is 0 Å². The molecule has 0 aromatic heterocycles. The summed E-state index contributed by atoms with van der Waals surface area (Å²) in [6, 6.07) is 9.19. The summed E-state index contributed by atoms with van der Waals surface area (Å²) >= 11 is 8.88. The summed E-state index contributed by atoms with van der Waals surface area (Å²) in [5.41, 5.74) is 10.0. The normalized spacial score (nSPS) is 7.82. The molecule has 1 aromatic carbocycles. The Hall–Kier alpha value is -0.777. The van der Waals surface area contributed by atoms with Crippen molar-refractivity contribution in [1.29, 1.82) is 0 Å². The van der Waals surface area contributed by atoms with Gasteiger partial charge in [-0.1, -0.05) is 18.2 Å². The molecule has 1 aromatic rings. The molecule has 0 saturated carbocycles. The molecule has 0 amide bonds. The molecule has 0 aliphatic heterocycles. The van der Waals surface area contributed by atoms with Crippen LogP contribution in [-0.2, 0) is 24.2 Å². The molecule has 0 bridgehead atoms. The van der Waals surface area contributed by atoms with Crippen LogP contribution in [0.3, 0.4) is 0 Å². The monoisotopic (exact) mass is 322 g/mol. The van der Waals surface area contributed by atoms with Gasteiger partial charge in [0, 0.05) is 19.5 Å². The minimum absolute atomic E-state index is 0. The van der Waals surface area contributed by atoms with Crippen molar-refractivity contribution >= 4 is 34.8 Å². The second kappa shape index (κ2) is 11.7. The molecule has 4 nitrogen and oxygen atoms in total. The quantitative estimate of drug-likeness (QED) is 0.636. The van der Waals surface area contributed by atoms with Gasteiger partial charge < -0.3 is 20.9 Å². The predicted molar refractivity (Wildman–Crippen MR) is 72.3 cm³/mol. The van der Waals surface area contributed by atoms with Gasteiger partial charge in [-0.05, 0) is 43.5 Å². The molecule has 0 aliphatic rings. The van der Waals surface area contributed by atoms with E-state index in [2.05, 4.69) is 29.2 Å². The summed E-state index contributed by atoms with van der Waals surface area (Å²) in [6.45, 7) is 2.40. The van der Waals surface area contributed by atoms with Crippen LogP contribution in [0.5, 0.6) is 5.75 Å². The number of benzene rings is 1. The second-order valence-electron chi connectivity index (χ2n) is 2.49. The van der Waals surface area contributed by atoms with E-state index in [4.69, 9.17) is 16.2 Å². The zero-order valence-corrected chi connectivity index (χ0v) is 14.2. The number of hydrogen-bond donors (Lipinski definition) is 2. The molecular weight excluding hydrogens is 310 g/mol. The zero-order valence-electron chi connectivity index (χ0n) is 9.59. The molecule has 7 heteroatoms. The number of rotatable bonds is 2. The van der Waals surface area contributed by atoms with Crippen LogP contribution in [0.2, 0.25) is 0 Å². The topological polar surface area (TPSA) is 70.5 Å². The first-order valence-electron chi connectivity index (χ1n) is 4.50. The van der Waals surface area contributed by atoms with Crippen LogP contribution in [0.1, 0.15) is 6.92 Å². The Labute approximate surface area is 124 Å². The first kappa shape index (κ1) is 18.6. The van der Waals surface area contributed by atoms with Crippen LogP contribution in [0.4, 0.5) is 0 Å². The molecule has 0 spiro atoms. The van der Waals surface area contributed by atoms with Gasteiger partial charge in [0.2, 0.25) is 0 Å². The number of thiocarbonyl (C=S) groups is 2. The SMILES string of the molecule is CCOC(N)=S.NC(=S)Oc1ccccc1.[Zn]. The maximum atomic E-state index is 5.13. The van der Waals surface area contributed by atoms with E-state index in [1.807, 2.05) is 25.1 Å². The maximum Gasteiger partial charge on any atom is 0.259 e. The first-order valence-corrected chi connectivity index (χ1v) is 5.32. The Morgan fingerprint density at radius 2 is 1.65 bits per heavy atom. The van der Waals surface area contributed by atoms with Crippen molar-refractivity contribution in [2.75, 3.05) is 6.61 Å². The van der Waals surface area contributed by atoms with E-state index in [1.54, 1.807) is 12.1 Å². The van der Waals surface area contributed by atoms with E-state index in [0.29, 0.717) is 12.4 Å². The average molecular weight is 324 g/mol. The fourth-order valence-electron chi connectivity index (χ4n) is 0.747. The van der Waals surface area contributed by atoms with Gasteiger partial charge in [-0.25, -0.2) is 0 Å². The molecular formula is C10H14N2O2S2Zn. The standard InChI is InChI=1S/C7H7NOS.C3H7NOS.Zn/c8-7(10)9-6-4-2-1-3-5-6;1-2-5-3(4)6;/h1-5H,(H2,8,10);2H2,1H3,(H2,4,6);. The molecule has 1 rings (SSSR count). The first-order chi connectivity index (χ1) is 7.56. The Morgan fingerprint density at radius 3 is 1.94 bits per heavy atom. The Balaban J connectivity index is 0. The van der Waals surface area contributed by atoms with Crippen molar-refractivity contribution in [1.82, 2.24) is 0 Å². The van der Waals surface area contributed by atoms with Gasteiger partial charge in [-0.15, -0.1) is 0 Å². The molecule has 0 fully saturated rings. The average Bonchev–Trinajstić information content (AvgIpc) is 2.18. The number of hydrogen-bond acceptors (Lipinski definition) is 4. The smallest absolute Gasteiger partial charge is 0.259 e. The zero-order chi connectivity index (χ0) is 12.4. The van der Waals surface area contributed by atoms with E-state index in [0.717, 1.165) is 0 Å². The summed E-state index contributed by atoms with van der Waals surface area (Å²) in [5.74, 6) is 0.676. The van der Waals surface area contributed by atoms with Gasteiger partial charge in [0.15, 0.2) is 0 Å². The Kier molecular flexibility index (Phi) is 12.8. The molecule has 0 radical (unpaired) electrons. The van der Waals surface area contributed by atoms with Gasteiger partial charge in [0.1, 0.15) is 5.75 Å². The van der Waals surface area contributed by atoms with Crippen molar-refractivity contribution < 1.29 is 29.0 Å². The minimum Gasteiger partial charge on any atom is -0.472 e. The van der Waals surface area contributed by atoms with Crippen molar-refractivity contribution in [3.05, 3.63) is 30.3 Å². The van der Waals surface area contributed by atoms with Gasteiger partial charge in [-0.2, -0.15) is 0 Å². The van der Waals surface area contributed by atoms with E-state index in [-0.39, 0.29) is 29.8 Å². The summed E-state index contributed by atoms with van der Waals surface area (Å²) in [4.78, 5) is 0. The molecule has 0 saturated heterocycles. The van der Waals surface area contributed by atoms with Gasteiger partial charge in [0.05, 0.1) is 6.61 Å². The summed E-state index contributed by atoms with van der Waals surface area (Å²) in [7, 11) is 0. The number of ether oxygens (including phenoxy) is 2. The van der Waals surface area contributed by atoms with Crippen molar-refractivity contribution in [2.24, 2.45) is 11.5 Å². The van der Waals surface area contributed by atoms with Crippen LogP contribution < -0.4 is 16.2 Å². The fraction of sp³-hybridized carbons (Fsp3) is 0.200. The Bertz CT molecular complexity index is 336. The third kappa shape index (κ3) is 13.2. The largest absolute Gasteiger partial charge is 0.472 e. The van der Waals surface area contributed by atoms with Crippen molar-refractivity contribution in [3.63, 3.8) is 0 Å². The van der Waals surface area contributed by atoms with Crippen LogP contribution >= 0.6 is 24.4 Å². The van der Waals surface area contributed by atoms with Crippen molar-refractivity contribution in [2.45, 2.75) is 6.92 Å². The maximum absolute atomic E-state index is 5.13. The summed E-state index contributed by atoms with van der Waals surface area (Å²) in [5, 5.41) is 0.170. The van der Waals surface area contributed by atoms with Gasteiger partial charge >= 0.3 is 0 Å². The molecule has 90 valence electrons. The van der Waals surface area contributed by atoms with Crippen LogP contribution in [0.15, 0.2) is 30.3 Å². The van der Waals surface area contributed by atoms with E-state index >= 15 is 0 Å². The summed E-state index contributed by atoms with van der Waals surface area (Å²) in [6.07, 6.45) is 0. The third-order valence-corrected chi connectivity index (χ3v) is 1.45. The Morgan fingerprint density at radius 1 is 1.12 bits per heavy atom. The molecule has 0 atom stereocenters. The fourth-order valence-corrected chi connectivity index (χ4v) is 0.961. The second-order valence-corrected chi connectivity index (χ2v) is 3.29. The van der Waals surface area contributed by atoms with E-state index in [1.165, 1.54) is 0 Å². The van der Waals surface area contributed by atoms with Crippen LogP contribution in [0, 0.1) is 0 Å². The number of nitrogens with two attached hydrogens (primary N) is 2. The third-order valence-electron chi connectivity index (χ3n) is 1.25. The molecule has 4 N–H and O–H groups in total.